The second-order valence-electron chi connectivity index (χ2n) is 3.71. The van der Waals surface area contributed by atoms with E-state index in [0.717, 1.165) is 15.9 Å². The van der Waals surface area contributed by atoms with Crippen LogP contribution in [0.25, 0.3) is 0 Å². The summed E-state index contributed by atoms with van der Waals surface area (Å²) in [5.41, 5.74) is 1.54. The van der Waals surface area contributed by atoms with E-state index in [1.807, 2.05) is 42.3 Å². The van der Waals surface area contributed by atoms with Gasteiger partial charge in [-0.15, -0.1) is 0 Å². The molecule has 4 heteroatoms. The van der Waals surface area contributed by atoms with Crippen LogP contribution in [0.2, 0.25) is 0 Å². The predicted molar refractivity (Wildman–Crippen MR) is 69.7 cm³/mol. The van der Waals surface area contributed by atoms with Crippen LogP contribution < -0.4 is 4.90 Å². The third-order valence-electron chi connectivity index (χ3n) is 2.46. The molecule has 17 heavy (non-hydrogen) atoms. The molecule has 0 radical (unpaired) electrons. The maximum Gasteiger partial charge on any atom is 0.123 e. The lowest BCUT2D eigenvalue weighted by molar-refractivity contribution is 0.507. The molecule has 1 heterocycles. The summed E-state index contributed by atoms with van der Waals surface area (Å²) in [5.74, 6) is 0.874. The van der Waals surface area contributed by atoms with Crippen molar-refractivity contribution in [2.75, 3.05) is 11.9 Å². The Balaban J connectivity index is 2.25. The molecule has 0 aliphatic heterocycles. The molecule has 86 valence electrons. The SMILES string of the molecule is CN(Cc1ccco1)c1ccc(Br)cc1C#N. The van der Waals surface area contributed by atoms with Crippen molar-refractivity contribution in [1.82, 2.24) is 0 Å². The van der Waals surface area contributed by atoms with Crippen LogP contribution in [0.5, 0.6) is 0 Å². The van der Waals surface area contributed by atoms with E-state index < -0.39 is 0 Å². The fraction of sp³-hybridized carbons (Fsp3) is 0.154. The van der Waals surface area contributed by atoms with Gasteiger partial charge in [0.25, 0.3) is 0 Å². The Labute approximate surface area is 108 Å². The number of halogens is 1. The summed E-state index contributed by atoms with van der Waals surface area (Å²) in [7, 11) is 1.94. The van der Waals surface area contributed by atoms with Crippen molar-refractivity contribution in [3.05, 3.63) is 52.4 Å². The number of hydrogen-bond acceptors (Lipinski definition) is 3. The molecule has 0 aliphatic carbocycles. The van der Waals surface area contributed by atoms with Crippen LogP contribution in [0, 0.1) is 11.3 Å². The van der Waals surface area contributed by atoms with Crippen molar-refractivity contribution in [1.29, 1.82) is 5.26 Å². The minimum atomic E-state index is 0.642. The zero-order valence-corrected chi connectivity index (χ0v) is 10.9. The molecule has 0 aliphatic rings. The standard InChI is InChI=1S/C13H11BrN2O/c1-16(9-12-3-2-6-17-12)13-5-4-11(14)7-10(13)8-15/h2-7H,9H2,1H3. The highest BCUT2D eigenvalue weighted by atomic mass is 79.9. The van der Waals surface area contributed by atoms with Gasteiger partial charge in [0.1, 0.15) is 11.8 Å². The number of hydrogen-bond donors (Lipinski definition) is 0. The maximum atomic E-state index is 9.10. The third-order valence-corrected chi connectivity index (χ3v) is 2.96. The summed E-state index contributed by atoms with van der Waals surface area (Å²) in [4.78, 5) is 1.99. The first-order valence-corrected chi connectivity index (χ1v) is 5.93. The van der Waals surface area contributed by atoms with Gasteiger partial charge in [-0.2, -0.15) is 5.26 Å². The van der Waals surface area contributed by atoms with E-state index in [2.05, 4.69) is 22.0 Å². The van der Waals surface area contributed by atoms with Crippen molar-refractivity contribution in [3.63, 3.8) is 0 Å². The lowest BCUT2D eigenvalue weighted by Gasteiger charge is -2.19. The summed E-state index contributed by atoms with van der Waals surface area (Å²) in [6.45, 7) is 0.642. The Morgan fingerprint density at radius 3 is 2.88 bits per heavy atom. The number of benzene rings is 1. The average molecular weight is 291 g/mol. The monoisotopic (exact) mass is 290 g/mol. The number of nitrogens with zero attached hydrogens (tertiary/aromatic N) is 2. The zero-order chi connectivity index (χ0) is 12.3. The summed E-state index contributed by atoms with van der Waals surface area (Å²) >= 11 is 3.36. The molecule has 0 atom stereocenters. The smallest absolute Gasteiger partial charge is 0.123 e. The Morgan fingerprint density at radius 2 is 2.24 bits per heavy atom. The fourth-order valence-corrected chi connectivity index (χ4v) is 2.01. The largest absolute Gasteiger partial charge is 0.467 e. The molecular weight excluding hydrogens is 280 g/mol. The Bertz CT molecular complexity index is 543. The van der Waals surface area contributed by atoms with Crippen LogP contribution in [-0.2, 0) is 6.54 Å². The van der Waals surface area contributed by atoms with E-state index in [9.17, 15) is 0 Å². The highest BCUT2D eigenvalue weighted by Crippen LogP contribution is 2.24. The normalized spacial score (nSPS) is 9.94. The van der Waals surface area contributed by atoms with Crippen LogP contribution >= 0.6 is 15.9 Å². The lowest BCUT2D eigenvalue weighted by Crippen LogP contribution is -2.17. The number of nitriles is 1. The van der Waals surface area contributed by atoms with E-state index >= 15 is 0 Å². The molecule has 0 saturated heterocycles. The minimum Gasteiger partial charge on any atom is -0.467 e. The lowest BCUT2D eigenvalue weighted by atomic mass is 10.2. The van der Waals surface area contributed by atoms with E-state index in [0.29, 0.717) is 12.1 Å². The van der Waals surface area contributed by atoms with Crippen molar-refractivity contribution in [3.8, 4) is 6.07 Å². The first-order valence-electron chi connectivity index (χ1n) is 5.14. The van der Waals surface area contributed by atoms with Gasteiger partial charge in [0.2, 0.25) is 0 Å². The molecule has 0 fully saturated rings. The summed E-state index contributed by atoms with van der Waals surface area (Å²) < 4.78 is 6.20. The van der Waals surface area contributed by atoms with Gasteiger partial charge < -0.3 is 9.32 Å². The van der Waals surface area contributed by atoms with E-state index in [4.69, 9.17) is 9.68 Å². The molecule has 0 bridgehead atoms. The van der Waals surface area contributed by atoms with Crippen molar-refractivity contribution >= 4 is 21.6 Å². The van der Waals surface area contributed by atoms with Gasteiger partial charge in [0, 0.05) is 11.5 Å². The number of furan rings is 1. The number of rotatable bonds is 3. The molecule has 0 N–H and O–H groups in total. The Kier molecular flexibility index (Phi) is 3.50. The Hall–Kier alpha value is -1.73. The van der Waals surface area contributed by atoms with E-state index in [1.54, 1.807) is 6.26 Å². The Morgan fingerprint density at radius 1 is 1.41 bits per heavy atom. The third kappa shape index (κ3) is 2.69. The fourth-order valence-electron chi connectivity index (χ4n) is 1.65. The predicted octanol–water partition coefficient (Wildman–Crippen LogP) is 3.55. The van der Waals surface area contributed by atoms with E-state index in [1.165, 1.54) is 0 Å². The molecule has 0 saturated carbocycles. The van der Waals surface area contributed by atoms with Gasteiger partial charge in [-0.1, -0.05) is 15.9 Å². The second-order valence-corrected chi connectivity index (χ2v) is 4.62. The molecule has 0 amide bonds. The van der Waals surface area contributed by atoms with Crippen molar-refractivity contribution in [2.45, 2.75) is 6.54 Å². The molecule has 0 unspecified atom stereocenters. The summed E-state index contributed by atoms with van der Waals surface area (Å²) in [6, 6.07) is 11.6. The topological polar surface area (TPSA) is 40.2 Å². The van der Waals surface area contributed by atoms with Crippen molar-refractivity contribution < 1.29 is 4.42 Å². The van der Waals surface area contributed by atoms with Crippen molar-refractivity contribution in [2.24, 2.45) is 0 Å². The van der Waals surface area contributed by atoms with Crippen LogP contribution in [0.1, 0.15) is 11.3 Å². The number of anilines is 1. The van der Waals surface area contributed by atoms with Gasteiger partial charge in [-0.3, -0.25) is 0 Å². The van der Waals surface area contributed by atoms with Gasteiger partial charge in [0.15, 0.2) is 0 Å². The van der Waals surface area contributed by atoms with Gasteiger partial charge >= 0.3 is 0 Å². The van der Waals surface area contributed by atoms with Crippen LogP contribution in [-0.4, -0.2) is 7.05 Å². The van der Waals surface area contributed by atoms with Crippen LogP contribution in [0.4, 0.5) is 5.69 Å². The summed E-state index contributed by atoms with van der Waals surface area (Å²) in [5, 5.41) is 9.10. The second kappa shape index (κ2) is 5.07. The maximum absolute atomic E-state index is 9.10. The van der Waals surface area contributed by atoms with Gasteiger partial charge in [-0.05, 0) is 30.3 Å². The van der Waals surface area contributed by atoms with Crippen LogP contribution in [0.3, 0.4) is 0 Å². The molecule has 3 nitrogen and oxygen atoms in total. The van der Waals surface area contributed by atoms with Gasteiger partial charge in [-0.25, -0.2) is 0 Å². The van der Waals surface area contributed by atoms with E-state index in [-0.39, 0.29) is 0 Å². The molecule has 1 aromatic carbocycles. The quantitative estimate of drug-likeness (QED) is 0.868. The average Bonchev–Trinajstić information content (AvgIpc) is 2.81. The molecular formula is C13H11BrN2O. The van der Waals surface area contributed by atoms with Crippen LogP contribution in [0.15, 0.2) is 45.5 Å². The highest BCUT2D eigenvalue weighted by molar-refractivity contribution is 9.10. The molecule has 2 aromatic rings. The first-order chi connectivity index (χ1) is 8.20. The summed E-state index contributed by atoms with van der Waals surface area (Å²) in [6.07, 6.45) is 1.65. The first kappa shape index (κ1) is 11.7. The van der Waals surface area contributed by atoms with Gasteiger partial charge in [0.05, 0.1) is 24.1 Å². The zero-order valence-electron chi connectivity index (χ0n) is 9.35. The minimum absolute atomic E-state index is 0.642. The molecule has 0 spiro atoms. The highest BCUT2D eigenvalue weighted by Gasteiger charge is 2.09. The molecule has 1 aromatic heterocycles. The molecule has 2 rings (SSSR count).